The van der Waals surface area contributed by atoms with Crippen LogP contribution in [0.3, 0.4) is 0 Å². The first-order valence-electron chi connectivity index (χ1n) is 8.06. The molecule has 1 aliphatic heterocycles. The molecule has 20 heavy (non-hydrogen) atoms. The molecule has 2 fully saturated rings. The van der Waals surface area contributed by atoms with Crippen LogP contribution < -0.4 is 5.32 Å². The Balaban J connectivity index is 1.40. The maximum absolute atomic E-state index is 3.67. The van der Waals surface area contributed by atoms with E-state index in [4.69, 9.17) is 0 Å². The van der Waals surface area contributed by atoms with Crippen molar-refractivity contribution in [1.82, 2.24) is 10.2 Å². The lowest BCUT2D eigenvalue weighted by atomic mass is 9.95. The molecule has 3 rings (SSSR count). The average Bonchev–Trinajstić information content (AvgIpc) is 2.93. The minimum absolute atomic E-state index is 0.291. The molecule has 2 heterocycles. The van der Waals surface area contributed by atoms with Crippen LogP contribution in [0.25, 0.3) is 0 Å². The first kappa shape index (κ1) is 14.6. The smallest absolute Gasteiger partial charge is 0.0299 e. The third kappa shape index (κ3) is 3.63. The van der Waals surface area contributed by atoms with Crippen LogP contribution >= 0.6 is 11.3 Å². The van der Waals surface area contributed by atoms with Crippen LogP contribution in [0.1, 0.15) is 49.8 Å². The zero-order chi connectivity index (χ0) is 14.2. The predicted molar refractivity (Wildman–Crippen MR) is 87.4 cm³/mol. The number of thiophene rings is 1. The summed E-state index contributed by atoms with van der Waals surface area (Å²) in [6, 6.07) is 5.54. The minimum atomic E-state index is 0.291. The highest BCUT2D eigenvalue weighted by Crippen LogP contribution is 2.32. The lowest BCUT2D eigenvalue weighted by Gasteiger charge is -2.16. The molecular formula is C17H28N2S. The number of hydrogen-bond donors (Lipinski definition) is 1. The number of nitrogens with zero attached hydrogens (tertiary/aromatic N) is 1. The number of nitrogens with one attached hydrogen (secondary N) is 1. The van der Waals surface area contributed by atoms with Gasteiger partial charge in [-0.15, -0.1) is 11.3 Å². The second kappa shape index (κ2) is 5.78. The van der Waals surface area contributed by atoms with E-state index < -0.39 is 0 Å². The van der Waals surface area contributed by atoms with Crippen molar-refractivity contribution in [3.8, 4) is 0 Å². The van der Waals surface area contributed by atoms with Gasteiger partial charge in [0.05, 0.1) is 0 Å². The summed E-state index contributed by atoms with van der Waals surface area (Å²) in [5, 5.41) is 3.67. The van der Waals surface area contributed by atoms with Gasteiger partial charge < -0.3 is 10.2 Å². The topological polar surface area (TPSA) is 15.3 Å². The quantitative estimate of drug-likeness (QED) is 0.891. The highest BCUT2D eigenvalue weighted by molar-refractivity contribution is 7.12. The summed E-state index contributed by atoms with van der Waals surface area (Å²) in [5.74, 6) is 0.873. The van der Waals surface area contributed by atoms with Crippen LogP contribution in [0.2, 0.25) is 0 Å². The average molecular weight is 292 g/mol. The van der Waals surface area contributed by atoms with Crippen molar-refractivity contribution in [2.45, 2.75) is 58.0 Å². The van der Waals surface area contributed by atoms with Crippen LogP contribution in [0, 0.1) is 5.92 Å². The fraction of sp³-hybridized carbons (Fsp3) is 0.765. The van der Waals surface area contributed by atoms with Gasteiger partial charge in [0.25, 0.3) is 0 Å². The summed E-state index contributed by atoms with van der Waals surface area (Å²) in [6.45, 7) is 11.8. The van der Waals surface area contributed by atoms with Gasteiger partial charge in [-0.3, -0.25) is 0 Å². The van der Waals surface area contributed by atoms with Gasteiger partial charge >= 0.3 is 0 Å². The third-order valence-corrected chi connectivity index (χ3v) is 6.02. The van der Waals surface area contributed by atoms with E-state index in [0.29, 0.717) is 5.41 Å². The summed E-state index contributed by atoms with van der Waals surface area (Å²) >= 11 is 1.96. The van der Waals surface area contributed by atoms with Gasteiger partial charge in [-0.25, -0.2) is 0 Å². The van der Waals surface area contributed by atoms with Crippen molar-refractivity contribution < 1.29 is 0 Å². The van der Waals surface area contributed by atoms with Crippen LogP contribution in [-0.2, 0) is 12.0 Å². The molecule has 0 amide bonds. The molecule has 0 spiro atoms. The van der Waals surface area contributed by atoms with Gasteiger partial charge in [0.15, 0.2) is 0 Å². The highest BCUT2D eigenvalue weighted by Gasteiger charge is 2.33. The van der Waals surface area contributed by atoms with Crippen molar-refractivity contribution in [1.29, 1.82) is 0 Å². The second-order valence-electron chi connectivity index (χ2n) is 7.53. The molecule has 1 saturated carbocycles. The molecule has 1 aliphatic carbocycles. The fourth-order valence-electron chi connectivity index (χ4n) is 3.08. The lowest BCUT2D eigenvalue weighted by Crippen LogP contribution is -2.27. The van der Waals surface area contributed by atoms with Crippen molar-refractivity contribution >= 4 is 11.3 Å². The van der Waals surface area contributed by atoms with E-state index in [1.54, 1.807) is 0 Å². The van der Waals surface area contributed by atoms with E-state index in [-0.39, 0.29) is 0 Å². The Kier molecular flexibility index (Phi) is 4.21. The largest absolute Gasteiger partial charge is 0.312 e. The van der Waals surface area contributed by atoms with Crippen LogP contribution in [0.4, 0.5) is 0 Å². The molecule has 0 bridgehead atoms. The molecule has 1 aromatic rings. The first-order chi connectivity index (χ1) is 9.52. The Hall–Kier alpha value is -0.380. The van der Waals surface area contributed by atoms with Crippen molar-refractivity contribution in [2.24, 2.45) is 5.92 Å². The first-order valence-corrected chi connectivity index (χ1v) is 8.88. The lowest BCUT2D eigenvalue weighted by molar-refractivity contribution is 0.312. The Morgan fingerprint density at radius 3 is 2.70 bits per heavy atom. The van der Waals surface area contributed by atoms with E-state index in [1.807, 2.05) is 11.3 Å². The molecule has 0 aromatic carbocycles. The van der Waals surface area contributed by atoms with Crippen molar-refractivity contribution in [2.75, 3.05) is 19.6 Å². The normalized spacial score (nSPS) is 24.4. The molecule has 1 unspecified atom stereocenters. The zero-order valence-corrected chi connectivity index (χ0v) is 13.9. The molecule has 1 N–H and O–H groups in total. The van der Waals surface area contributed by atoms with Gasteiger partial charge in [0.2, 0.25) is 0 Å². The highest BCUT2D eigenvalue weighted by atomic mass is 32.1. The molecule has 1 saturated heterocycles. The van der Waals surface area contributed by atoms with E-state index >= 15 is 0 Å². The van der Waals surface area contributed by atoms with Gasteiger partial charge in [0.1, 0.15) is 0 Å². The van der Waals surface area contributed by atoms with Gasteiger partial charge in [0, 0.05) is 28.9 Å². The number of likely N-dealkylation sites (tertiary alicyclic amines) is 1. The molecule has 112 valence electrons. The SMILES string of the molecule is CC(C)(C)c1ccc(CNCC2CCN(C3CC3)C2)s1. The van der Waals surface area contributed by atoms with Gasteiger partial charge in [-0.1, -0.05) is 20.8 Å². The summed E-state index contributed by atoms with van der Waals surface area (Å²) in [7, 11) is 0. The third-order valence-electron chi connectivity index (χ3n) is 4.51. The van der Waals surface area contributed by atoms with E-state index in [2.05, 4.69) is 43.1 Å². The second-order valence-corrected chi connectivity index (χ2v) is 8.70. The van der Waals surface area contributed by atoms with Crippen molar-refractivity contribution in [3.63, 3.8) is 0 Å². The van der Waals surface area contributed by atoms with E-state index in [9.17, 15) is 0 Å². The molecule has 0 radical (unpaired) electrons. The van der Waals surface area contributed by atoms with Crippen LogP contribution in [0.5, 0.6) is 0 Å². The summed E-state index contributed by atoms with van der Waals surface area (Å²) in [5.41, 5.74) is 0.291. The summed E-state index contributed by atoms with van der Waals surface area (Å²) in [4.78, 5) is 5.68. The molecule has 3 heteroatoms. The van der Waals surface area contributed by atoms with Crippen LogP contribution in [0.15, 0.2) is 12.1 Å². The Bertz CT molecular complexity index is 442. The number of rotatable bonds is 5. The monoisotopic (exact) mass is 292 g/mol. The Labute approximate surface area is 127 Å². The number of hydrogen-bond acceptors (Lipinski definition) is 3. The standard InChI is InChI=1S/C17H28N2S/c1-17(2,3)16-7-6-15(20-16)11-18-10-13-8-9-19(12-13)14-4-5-14/h6-7,13-14,18H,4-5,8-12H2,1-3H3. The van der Waals surface area contributed by atoms with Crippen molar-refractivity contribution in [3.05, 3.63) is 21.9 Å². The molecule has 1 atom stereocenters. The van der Waals surface area contributed by atoms with Crippen LogP contribution in [-0.4, -0.2) is 30.6 Å². The Morgan fingerprint density at radius 2 is 2.05 bits per heavy atom. The van der Waals surface area contributed by atoms with Gasteiger partial charge in [-0.05, 0) is 55.8 Å². The predicted octanol–water partition coefficient (Wildman–Crippen LogP) is 3.62. The van der Waals surface area contributed by atoms with Gasteiger partial charge in [-0.2, -0.15) is 0 Å². The molecular weight excluding hydrogens is 264 g/mol. The zero-order valence-electron chi connectivity index (χ0n) is 13.1. The fourth-order valence-corrected chi connectivity index (χ4v) is 4.11. The summed E-state index contributed by atoms with van der Waals surface area (Å²) in [6.07, 6.45) is 4.29. The molecule has 1 aromatic heterocycles. The van der Waals surface area contributed by atoms with E-state index in [1.165, 1.54) is 48.7 Å². The molecule has 2 aliphatic rings. The Morgan fingerprint density at radius 1 is 1.25 bits per heavy atom. The molecule has 2 nitrogen and oxygen atoms in total. The maximum Gasteiger partial charge on any atom is 0.0299 e. The maximum atomic E-state index is 3.67. The summed E-state index contributed by atoms with van der Waals surface area (Å²) < 4.78 is 0. The van der Waals surface area contributed by atoms with E-state index in [0.717, 1.165) is 18.5 Å². The minimum Gasteiger partial charge on any atom is -0.312 e.